The molecule has 1 rings (SSSR count). The van der Waals surface area contributed by atoms with E-state index in [0.717, 1.165) is 0 Å². The predicted octanol–water partition coefficient (Wildman–Crippen LogP) is 1.36. The highest BCUT2D eigenvalue weighted by atomic mass is 16.7. The molecule has 6 heteroatoms. The first-order valence-electron chi connectivity index (χ1n) is 6.63. The summed E-state index contributed by atoms with van der Waals surface area (Å²) in [5.74, 6) is -1.62. The second-order valence-corrected chi connectivity index (χ2v) is 5.77. The predicted molar refractivity (Wildman–Crippen MR) is 72.6 cm³/mol. The maximum Gasteiger partial charge on any atom is 0.332 e. The zero-order valence-electron chi connectivity index (χ0n) is 12.7. The van der Waals surface area contributed by atoms with E-state index in [1.54, 1.807) is 20.8 Å². The fraction of sp³-hybridized carbons (Fsp3) is 0.714. The topological polar surface area (TPSA) is 73.9 Å². The van der Waals surface area contributed by atoms with Gasteiger partial charge in [0.1, 0.15) is 6.10 Å². The lowest BCUT2D eigenvalue weighted by Crippen LogP contribution is -2.55. The van der Waals surface area contributed by atoms with Gasteiger partial charge in [-0.1, -0.05) is 13.8 Å². The first kappa shape index (κ1) is 16.7. The van der Waals surface area contributed by atoms with Crippen LogP contribution in [0, 0.1) is 5.41 Å². The molecule has 1 fully saturated rings. The quantitative estimate of drug-likeness (QED) is 0.623. The van der Waals surface area contributed by atoms with Crippen molar-refractivity contribution in [1.29, 1.82) is 0 Å². The molecular weight excluding hydrogens is 262 g/mol. The summed E-state index contributed by atoms with van der Waals surface area (Å²) >= 11 is 0. The smallest absolute Gasteiger partial charge is 0.332 e. The zero-order chi connectivity index (χ0) is 15.4. The van der Waals surface area contributed by atoms with Gasteiger partial charge in [-0.25, -0.2) is 4.79 Å². The number of hydrogen-bond donors (Lipinski definition) is 1. The Morgan fingerprint density at radius 2 is 2.00 bits per heavy atom. The average molecular weight is 285 g/mol. The summed E-state index contributed by atoms with van der Waals surface area (Å²) in [5.41, 5.74) is -0.447. The number of nitrogens with one attached hydrogen (secondary N) is 1. The van der Waals surface area contributed by atoms with Crippen LogP contribution in [0.5, 0.6) is 0 Å². The molecule has 1 saturated heterocycles. The van der Waals surface area contributed by atoms with Crippen LogP contribution in [0.15, 0.2) is 12.3 Å². The maximum atomic E-state index is 12.1. The molecule has 6 nitrogen and oxygen atoms in total. The molecule has 1 amide bonds. The Labute approximate surface area is 119 Å². The SMILES string of the molecule is CCOC(=O)/C=C\NC(=O)C1OC(C)(C)OCC1(C)C. The van der Waals surface area contributed by atoms with Crippen LogP contribution in [0.3, 0.4) is 0 Å². The van der Waals surface area contributed by atoms with Crippen molar-refractivity contribution >= 4 is 11.9 Å². The summed E-state index contributed by atoms with van der Waals surface area (Å²) < 4.78 is 15.9. The normalized spacial score (nSPS) is 24.4. The largest absolute Gasteiger partial charge is 0.463 e. The van der Waals surface area contributed by atoms with E-state index in [-0.39, 0.29) is 5.91 Å². The van der Waals surface area contributed by atoms with Crippen molar-refractivity contribution in [2.45, 2.75) is 46.5 Å². The van der Waals surface area contributed by atoms with Gasteiger partial charge in [0, 0.05) is 17.7 Å². The van der Waals surface area contributed by atoms with Crippen LogP contribution < -0.4 is 5.32 Å². The fourth-order valence-electron chi connectivity index (χ4n) is 1.78. The molecule has 1 heterocycles. The summed E-state index contributed by atoms with van der Waals surface area (Å²) in [6.07, 6.45) is 1.78. The molecule has 0 bridgehead atoms. The van der Waals surface area contributed by atoms with Gasteiger partial charge in [-0.3, -0.25) is 4.79 Å². The van der Waals surface area contributed by atoms with Gasteiger partial charge in [-0.2, -0.15) is 0 Å². The van der Waals surface area contributed by atoms with Crippen LogP contribution in [0.4, 0.5) is 0 Å². The molecule has 0 aliphatic carbocycles. The van der Waals surface area contributed by atoms with E-state index in [1.807, 2.05) is 13.8 Å². The number of carbonyl (C=O) groups is 2. The van der Waals surface area contributed by atoms with Gasteiger partial charge in [0.05, 0.1) is 13.2 Å². The van der Waals surface area contributed by atoms with Crippen LogP contribution in [-0.4, -0.2) is 37.0 Å². The third-order valence-corrected chi connectivity index (χ3v) is 2.87. The molecule has 0 aromatic rings. The van der Waals surface area contributed by atoms with Gasteiger partial charge in [0.2, 0.25) is 0 Å². The van der Waals surface area contributed by atoms with Crippen molar-refractivity contribution in [2.24, 2.45) is 5.41 Å². The third kappa shape index (κ3) is 4.61. The molecule has 1 atom stereocenters. The Bertz CT molecular complexity index is 400. The van der Waals surface area contributed by atoms with Gasteiger partial charge in [-0.05, 0) is 20.8 Å². The molecule has 0 aromatic heterocycles. The van der Waals surface area contributed by atoms with E-state index in [2.05, 4.69) is 5.32 Å². The molecule has 0 spiro atoms. The molecule has 20 heavy (non-hydrogen) atoms. The Morgan fingerprint density at radius 1 is 1.35 bits per heavy atom. The van der Waals surface area contributed by atoms with Gasteiger partial charge in [0.15, 0.2) is 5.79 Å². The van der Waals surface area contributed by atoms with Crippen molar-refractivity contribution in [3.63, 3.8) is 0 Å². The minimum atomic E-state index is -0.803. The standard InChI is InChI=1S/C14H23NO5/c1-6-18-10(16)7-8-15-12(17)11-13(2,3)9-19-14(4,5)20-11/h7-8,11H,6,9H2,1-5H3,(H,15,17)/b8-7-. The molecular formula is C14H23NO5. The number of amides is 1. The monoisotopic (exact) mass is 285 g/mol. The van der Waals surface area contributed by atoms with Crippen molar-refractivity contribution in [3.05, 3.63) is 12.3 Å². The van der Waals surface area contributed by atoms with Crippen LogP contribution in [-0.2, 0) is 23.8 Å². The van der Waals surface area contributed by atoms with Crippen molar-refractivity contribution in [2.75, 3.05) is 13.2 Å². The van der Waals surface area contributed by atoms with Crippen molar-refractivity contribution in [1.82, 2.24) is 5.32 Å². The second kappa shape index (κ2) is 6.37. The minimum absolute atomic E-state index is 0.293. The fourth-order valence-corrected chi connectivity index (χ4v) is 1.78. The van der Waals surface area contributed by atoms with Gasteiger partial charge in [0.25, 0.3) is 5.91 Å². The third-order valence-electron chi connectivity index (χ3n) is 2.87. The molecule has 114 valence electrons. The van der Waals surface area contributed by atoms with E-state index in [4.69, 9.17) is 14.2 Å². The van der Waals surface area contributed by atoms with Gasteiger partial charge in [-0.15, -0.1) is 0 Å². The molecule has 0 aromatic carbocycles. The molecule has 1 N–H and O–H groups in total. The lowest BCUT2D eigenvalue weighted by Gasteiger charge is -2.44. The van der Waals surface area contributed by atoms with E-state index < -0.39 is 23.3 Å². The number of ether oxygens (including phenoxy) is 3. The summed E-state index contributed by atoms with van der Waals surface area (Å²) in [6.45, 7) is 9.73. The number of carbonyl (C=O) groups excluding carboxylic acids is 2. The second-order valence-electron chi connectivity index (χ2n) is 5.77. The first-order chi connectivity index (χ1) is 9.18. The van der Waals surface area contributed by atoms with E-state index in [1.165, 1.54) is 12.3 Å². The lowest BCUT2D eigenvalue weighted by atomic mass is 9.85. The lowest BCUT2D eigenvalue weighted by molar-refractivity contribution is -0.303. The van der Waals surface area contributed by atoms with Crippen molar-refractivity contribution in [3.8, 4) is 0 Å². The highest BCUT2D eigenvalue weighted by molar-refractivity contribution is 5.85. The zero-order valence-corrected chi connectivity index (χ0v) is 12.7. The summed E-state index contributed by atoms with van der Waals surface area (Å²) in [4.78, 5) is 23.3. The van der Waals surface area contributed by atoms with Crippen LogP contribution in [0.2, 0.25) is 0 Å². The highest BCUT2D eigenvalue weighted by Gasteiger charge is 2.45. The Hall–Kier alpha value is -1.40. The van der Waals surface area contributed by atoms with E-state index in [0.29, 0.717) is 13.2 Å². The average Bonchev–Trinajstić information content (AvgIpc) is 2.33. The minimum Gasteiger partial charge on any atom is -0.463 e. The Morgan fingerprint density at radius 3 is 2.60 bits per heavy atom. The highest BCUT2D eigenvalue weighted by Crippen LogP contribution is 2.34. The van der Waals surface area contributed by atoms with E-state index in [9.17, 15) is 9.59 Å². The van der Waals surface area contributed by atoms with Gasteiger partial charge >= 0.3 is 5.97 Å². The van der Waals surface area contributed by atoms with Crippen LogP contribution in [0.25, 0.3) is 0 Å². The first-order valence-corrected chi connectivity index (χ1v) is 6.63. The Kier molecular flexibility index (Phi) is 5.30. The summed E-state index contributed by atoms with van der Waals surface area (Å²) in [6, 6.07) is 0. The molecule has 1 unspecified atom stereocenters. The van der Waals surface area contributed by atoms with Crippen LogP contribution in [0.1, 0.15) is 34.6 Å². The number of rotatable bonds is 4. The number of hydrogen-bond acceptors (Lipinski definition) is 5. The Balaban J connectivity index is 2.63. The molecule has 0 radical (unpaired) electrons. The van der Waals surface area contributed by atoms with Crippen LogP contribution >= 0.6 is 0 Å². The van der Waals surface area contributed by atoms with Gasteiger partial charge < -0.3 is 19.5 Å². The van der Waals surface area contributed by atoms with E-state index >= 15 is 0 Å². The molecule has 1 aliphatic heterocycles. The molecule has 1 aliphatic rings. The summed E-state index contributed by atoms with van der Waals surface area (Å²) in [5, 5.41) is 2.53. The number of esters is 1. The maximum absolute atomic E-state index is 12.1. The molecule has 0 saturated carbocycles. The summed E-state index contributed by atoms with van der Waals surface area (Å²) in [7, 11) is 0. The van der Waals surface area contributed by atoms with Crippen molar-refractivity contribution < 1.29 is 23.8 Å².